The minimum absolute atomic E-state index is 0. The van der Waals surface area contributed by atoms with Crippen LogP contribution in [0.15, 0.2) is 0 Å². The number of hydrogen-bond acceptors (Lipinski definition) is 3. The van der Waals surface area contributed by atoms with Crippen LogP contribution in [0.3, 0.4) is 0 Å². The van der Waals surface area contributed by atoms with Gasteiger partial charge in [-0.3, -0.25) is 4.90 Å². The standard InChI is InChI=1S/C14H29N3.2ClH/c1-14(2)4-3-8-16(9-5-14)12-13-17-10-6-15-7-11-17;;/h15H,3-13H2,1-2H3;2*1H. The SMILES string of the molecule is CC1(C)CCCN(CCN2CCNCC2)CC1.Cl.Cl. The molecule has 0 spiro atoms. The van der Waals surface area contributed by atoms with Crippen LogP contribution in [-0.2, 0) is 0 Å². The van der Waals surface area contributed by atoms with E-state index in [-0.39, 0.29) is 24.8 Å². The Morgan fingerprint density at radius 3 is 2.05 bits per heavy atom. The molecule has 116 valence electrons. The second kappa shape index (κ2) is 9.41. The van der Waals surface area contributed by atoms with Crippen molar-refractivity contribution >= 4 is 24.8 Å². The zero-order chi connectivity index (χ0) is 12.1. The minimum Gasteiger partial charge on any atom is -0.314 e. The van der Waals surface area contributed by atoms with E-state index in [0.717, 1.165) is 0 Å². The summed E-state index contributed by atoms with van der Waals surface area (Å²) in [7, 11) is 0. The maximum Gasteiger partial charge on any atom is 0.0110 e. The van der Waals surface area contributed by atoms with E-state index < -0.39 is 0 Å². The zero-order valence-electron chi connectivity index (χ0n) is 12.5. The van der Waals surface area contributed by atoms with Gasteiger partial charge in [-0.05, 0) is 37.8 Å². The number of rotatable bonds is 3. The van der Waals surface area contributed by atoms with Gasteiger partial charge in [0.1, 0.15) is 0 Å². The Labute approximate surface area is 131 Å². The Morgan fingerprint density at radius 1 is 0.842 bits per heavy atom. The Hall–Kier alpha value is 0.460. The van der Waals surface area contributed by atoms with Gasteiger partial charge in [-0.25, -0.2) is 0 Å². The molecule has 0 unspecified atom stereocenters. The van der Waals surface area contributed by atoms with Gasteiger partial charge in [0.2, 0.25) is 0 Å². The highest BCUT2D eigenvalue weighted by atomic mass is 35.5. The molecule has 2 heterocycles. The van der Waals surface area contributed by atoms with Gasteiger partial charge >= 0.3 is 0 Å². The third kappa shape index (κ3) is 7.14. The van der Waals surface area contributed by atoms with Crippen molar-refractivity contribution in [3.63, 3.8) is 0 Å². The van der Waals surface area contributed by atoms with Crippen molar-refractivity contribution in [2.24, 2.45) is 5.41 Å². The molecule has 1 N–H and O–H groups in total. The molecule has 2 aliphatic rings. The van der Waals surface area contributed by atoms with Crippen LogP contribution in [0.5, 0.6) is 0 Å². The van der Waals surface area contributed by atoms with Crippen LogP contribution in [0.4, 0.5) is 0 Å². The largest absolute Gasteiger partial charge is 0.314 e. The highest BCUT2D eigenvalue weighted by Gasteiger charge is 2.23. The van der Waals surface area contributed by atoms with Crippen molar-refractivity contribution < 1.29 is 0 Å². The highest BCUT2D eigenvalue weighted by Crippen LogP contribution is 2.29. The van der Waals surface area contributed by atoms with Gasteiger partial charge < -0.3 is 10.2 Å². The molecular weight excluding hydrogens is 281 g/mol. The predicted molar refractivity (Wildman–Crippen MR) is 87.9 cm³/mol. The average molecular weight is 312 g/mol. The van der Waals surface area contributed by atoms with Crippen molar-refractivity contribution in [1.82, 2.24) is 15.1 Å². The Kier molecular flexibility index (Phi) is 9.63. The number of halogens is 2. The first-order chi connectivity index (χ1) is 8.16. The molecule has 0 amide bonds. The summed E-state index contributed by atoms with van der Waals surface area (Å²) in [6.45, 7) is 14.8. The Bertz CT molecular complexity index is 231. The number of nitrogens with one attached hydrogen (secondary N) is 1. The molecule has 2 fully saturated rings. The smallest absolute Gasteiger partial charge is 0.0110 e. The van der Waals surface area contributed by atoms with Gasteiger partial charge in [-0.2, -0.15) is 0 Å². The quantitative estimate of drug-likeness (QED) is 0.862. The lowest BCUT2D eigenvalue weighted by Crippen LogP contribution is -2.46. The summed E-state index contributed by atoms with van der Waals surface area (Å²) in [5.74, 6) is 0. The summed E-state index contributed by atoms with van der Waals surface area (Å²) in [6, 6.07) is 0. The van der Waals surface area contributed by atoms with Crippen LogP contribution in [0.2, 0.25) is 0 Å². The van der Waals surface area contributed by atoms with E-state index >= 15 is 0 Å². The average Bonchev–Trinajstić information content (AvgIpc) is 2.49. The molecule has 0 aromatic heterocycles. The fourth-order valence-corrected chi connectivity index (χ4v) is 2.92. The minimum atomic E-state index is 0. The molecule has 0 bridgehead atoms. The van der Waals surface area contributed by atoms with Crippen LogP contribution in [0.1, 0.15) is 33.1 Å². The first-order valence-electron chi connectivity index (χ1n) is 7.31. The molecule has 0 aromatic carbocycles. The van der Waals surface area contributed by atoms with Crippen LogP contribution in [0.25, 0.3) is 0 Å². The summed E-state index contributed by atoms with van der Waals surface area (Å²) >= 11 is 0. The van der Waals surface area contributed by atoms with Crippen molar-refractivity contribution in [2.45, 2.75) is 33.1 Å². The second-order valence-corrected chi connectivity index (χ2v) is 6.45. The molecule has 2 aliphatic heterocycles. The van der Waals surface area contributed by atoms with Crippen molar-refractivity contribution in [1.29, 1.82) is 0 Å². The topological polar surface area (TPSA) is 18.5 Å². The third-order valence-corrected chi connectivity index (χ3v) is 4.37. The molecule has 0 aliphatic carbocycles. The van der Waals surface area contributed by atoms with E-state index in [1.54, 1.807) is 0 Å². The molecule has 2 rings (SSSR count). The summed E-state index contributed by atoms with van der Waals surface area (Å²) in [6.07, 6.45) is 4.15. The first kappa shape index (κ1) is 19.5. The first-order valence-corrected chi connectivity index (χ1v) is 7.31. The van der Waals surface area contributed by atoms with Gasteiger partial charge in [0.25, 0.3) is 0 Å². The lowest BCUT2D eigenvalue weighted by molar-refractivity contribution is 0.188. The zero-order valence-corrected chi connectivity index (χ0v) is 14.1. The number of nitrogens with zero attached hydrogens (tertiary/aromatic N) is 2. The summed E-state index contributed by atoms with van der Waals surface area (Å²) in [5.41, 5.74) is 0.573. The van der Waals surface area contributed by atoms with Crippen molar-refractivity contribution in [3.05, 3.63) is 0 Å². The van der Waals surface area contributed by atoms with Crippen LogP contribution in [-0.4, -0.2) is 62.2 Å². The van der Waals surface area contributed by atoms with E-state index in [0.29, 0.717) is 5.41 Å². The number of hydrogen-bond donors (Lipinski definition) is 1. The molecule has 19 heavy (non-hydrogen) atoms. The molecule has 2 saturated heterocycles. The van der Waals surface area contributed by atoms with Gasteiger partial charge in [0.05, 0.1) is 0 Å². The van der Waals surface area contributed by atoms with E-state index in [9.17, 15) is 0 Å². The molecule has 3 nitrogen and oxygen atoms in total. The van der Waals surface area contributed by atoms with Gasteiger partial charge in [0.15, 0.2) is 0 Å². The highest BCUT2D eigenvalue weighted by molar-refractivity contribution is 5.85. The second-order valence-electron chi connectivity index (χ2n) is 6.45. The summed E-state index contributed by atoms with van der Waals surface area (Å²) in [4.78, 5) is 5.28. The molecular formula is C14H31Cl2N3. The molecule has 5 heteroatoms. The summed E-state index contributed by atoms with van der Waals surface area (Å²) in [5, 5.41) is 3.42. The van der Waals surface area contributed by atoms with Crippen LogP contribution >= 0.6 is 24.8 Å². The molecule has 0 aromatic rings. The Morgan fingerprint density at radius 2 is 1.42 bits per heavy atom. The Balaban J connectivity index is 0.00000162. The van der Waals surface area contributed by atoms with Crippen LogP contribution in [0, 0.1) is 5.41 Å². The fourth-order valence-electron chi connectivity index (χ4n) is 2.92. The van der Waals surface area contributed by atoms with Crippen molar-refractivity contribution in [3.8, 4) is 0 Å². The van der Waals surface area contributed by atoms with E-state index in [1.807, 2.05) is 0 Å². The summed E-state index contributed by atoms with van der Waals surface area (Å²) < 4.78 is 0. The number of piperazine rings is 1. The normalized spacial score (nSPS) is 24.9. The monoisotopic (exact) mass is 311 g/mol. The van der Waals surface area contributed by atoms with Crippen LogP contribution < -0.4 is 5.32 Å². The maximum atomic E-state index is 3.42. The van der Waals surface area contributed by atoms with E-state index in [1.165, 1.54) is 71.6 Å². The predicted octanol–water partition coefficient (Wildman–Crippen LogP) is 2.25. The van der Waals surface area contributed by atoms with Gasteiger partial charge in [-0.1, -0.05) is 13.8 Å². The maximum absolute atomic E-state index is 3.42. The van der Waals surface area contributed by atoms with Gasteiger partial charge in [0, 0.05) is 39.3 Å². The lowest BCUT2D eigenvalue weighted by atomic mass is 9.85. The van der Waals surface area contributed by atoms with E-state index in [2.05, 4.69) is 29.0 Å². The molecule has 0 radical (unpaired) electrons. The molecule has 0 atom stereocenters. The molecule has 0 saturated carbocycles. The lowest BCUT2D eigenvalue weighted by Gasteiger charge is -2.30. The number of likely N-dealkylation sites (tertiary alicyclic amines) is 1. The third-order valence-electron chi connectivity index (χ3n) is 4.37. The van der Waals surface area contributed by atoms with Crippen molar-refractivity contribution in [2.75, 3.05) is 52.4 Å². The van der Waals surface area contributed by atoms with Gasteiger partial charge in [-0.15, -0.1) is 24.8 Å². The van der Waals surface area contributed by atoms with E-state index in [4.69, 9.17) is 0 Å². The fraction of sp³-hybridized carbons (Fsp3) is 1.00.